The van der Waals surface area contributed by atoms with Gasteiger partial charge in [0.05, 0.1) is 23.5 Å². The van der Waals surface area contributed by atoms with Crippen LogP contribution in [0.3, 0.4) is 0 Å². The maximum absolute atomic E-state index is 14.0. The number of hydrogen-bond donors (Lipinski definition) is 1. The van der Waals surface area contributed by atoms with E-state index in [1.165, 1.54) is 10.7 Å². The van der Waals surface area contributed by atoms with Gasteiger partial charge in [-0.1, -0.05) is 0 Å². The zero-order valence-corrected chi connectivity index (χ0v) is 15.3. The lowest BCUT2D eigenvalue weighted by Crippen LogP contribution is -2.40. The van der Waals surface area contributed by atoms with Crippen molar-refractivity contribution in [2.45, 2.75) is 27.7 Å². The zero-order valence-electron chi connectivity index (χ0n) is 15.3. The van der Waals surface area contributed by atoms with E-state index >= 15 is 0 Å². The highest BCUT2D eigenvalue weighted by Crippen LogP contribution is 2.20. The molecule has 2 amide bonds. The normalized spacial score (nSPS) is 10.7. The minimum absolute atomic E-state index is 0.0465. The van der Waals surface area contributed by atoms with Crippen molar-refractivity contribution in [1.82, 2.24) is 20.0 Å². The number of benzene rings is 1. The summed E-state index contributed by atoms with van der Waals surface area (Å²) >= 11 is 0. The number of likely N-dealkylation sites (N-methyl/N-ethyl adjacent to an activating group) is 1. The van der Waals surface area contributed by atoms with Crippen LogP contribution in [0.15, 0.2) is 18.2 Å². The molecule has 0 saturated heterocycles. The summed E-state index contributed by atoms with van der Waals surface area (Å²) in [6.07, 6.45) is 0. The third kappa shape index (κ3) is 3.89. The molecular formula is C18H22F2N4O2. The number of carbonyl (C=O) groups is 2. The molecule has 6 nitrogen and oxygen atoms in total. The molecule has 0 saturated carbocycles. The minimum Gasteiger partial charge on any atom is -0.343 e. The number of hydrogen-bond acceptors (Lipinski definition) is 3. The Bertz CT molecular complexity index is 829. The van der Waals surface area contributed by atoms with Crippen LogP contribution < -0.4 is 5.32 Å². The molecule has 140 valence electrons. The first-order chi connectivity index (χ1) is 12.3. The lowest BCUT2D eigenvalue weighted by atomic mass is 10.2. The molecule has 0 aliphatic carbocycles. The van der Waals surface area contributed by atoms with Crippen LogP contribution in [0, 0.1) is 25.5 Å². The standard InChI is InChI=1S/C18H22F2N4O2/c1-5-23(6-2)16(25)10-21-18(26)17-11(3)22-24(12(17)4)15-8-7-13(19)9-14(15)20/h7-9H,5-6,10H2,1-4H3,(H,21,26). The van der Waals surface area contributed by atoms with Crippen LogP contribution in [-0.2, 0) is 4.79 Å². The lowest BCUT2D eigenvalue weighted by molar-refractivity contribution is -0.129. The summed E-state index contributed by atoms with van der Waals surface area (Å²) in [5.74, 6) is -2.12. The lowest BCUT2D eigenvalue weighted by Gasteiger charge is -2.18. The summed E-state index contributed by atoms with van der Waals surface area (Å²) in [5, 5.41) is 6.77. The molecule has 8 heteroatoms. The number of carbonyl (C=O) groups excluding carboxylic acids is 2. The molecular weight excluding hydrogens is 342 g/mol. The van der Waals surface area contributed by atoms with Gasteiger partial charge in [-0.2, -0.15) is 5.10 Å². The molecule has 0 bridgehead atoms. The van der Waals surface area contributed by atoms with Gasteiger partial charge >= 0.3 is 0 Å². The van der Waals surface area contributed by atoms with Crippen molar-refractivity contribution < 1.29 is 18.4 Å². The van der Waals surface area contributed by atoms with Gasteiger partial charge in [-0.3, -0.25) is 9.59 Å². The van der Waals surface area contributed by atoms with Crippen molar-refractivity contribution in [2.24, 2.45) is 0 Å². The number of aryl methyl sites for hydroxylation is 1. The highest BCUT2D eigenvalue weighted by molar-refractivity contribution is 5.98. The highest BCUT2D eigenvalue weighted by Gasteiger charge is 2.22. The molecule has 1 aromatic carbocycles. The Morgan fingerprint density at radius 3 is 2.42 bits per heavy atom. The van der Waals surface area contributed by atoms with Gasteiger partial charge < -0.3 is 10.2 Å². The fraction of sp³-hybridized carbons (Fsp3) is 0.389. The quantitative estimate of drug-likeness (QED) is 0.856. The van der Waals surface area contributed by atoms with Crippen LogP contribution in [0.25, 0.3) is 5.69 Å². The van der Waals surface area contributed by atoms with E-state index in [1.807, 2.05) is 13.8 Å². The van der Waals surface area contributed by atoms with Gasteiger partial charge in [0.2, 0.25) is 5.91 Å². The highest BCUT2D eigenvalue weighted by atomic mass is 19.1. The summed E-state index contributed by atoms with van der Waals surface area (Å²) in [4.78, 5) is 26.1. The largest absolute Gasteiger partial charge is 0.343 e. The Kier molecular flexibility index (Phi) is 6.07. The van der Waals surface area contributed by atoms with E-state index in [9.17, 15) is 18.4 Å². The van der Waals surface area contributed by atoms with Crippen molar-refractivity contribution in [2.75, 3.05) is 19.6 Å². The Hall–Kier alpha value is -2.77. The predicted octanol–water partition coefficient (Wildman–Crippen LogP) is 2.37. The molecule has 0 unspecified atom stereocenters. The molecule has 1 N–H and O–H groups in total. The van der Waals surface area contributed by atoms with Crippen molar-refractivity contribution in [1.29, 1.82) is 0 Å². The van der Waals surface area contributed by atoms with E-state index in [0.29, 0.717) is 24.5 Å². The second kappa shape index (κ2) is 8.07. The molecule has 1 heterocycles. The van der Waals surface area contributed by atoms with Crippen LogP contribution in [0.5, 0.6) is 0 Å². The first kappa shape index (κ1) is 19.6. The number of aromatic nitrogens is 2. The molecule has 2 rings (SSSR count). The molecule has 0 aliphatic rings. The molecule has 0 aliphatic heterocycles. The van der Waals surface area contributed by atoms with Gasteiger partial charge in [-0.15, -0.1) is 0 Å². The average Bonchev–Trinajstić information content (AvgIpc) is 2.88. The van der Waals surface area contributed by atoms with Crippen molar-refractivity contribution >= 4 is 11.8 Å². The van der Waals surface area contributed by atoms with Gasteiger partial charge in [-0.05, 0) is 39.8 Å². The maximum Gasteiger partial charge on any atom is 0.255 e. The molecule has 0 fully saturated rings. The fourth-order valence-electron chi connectivity index (χ4n) is 2.79. The summed E-state index contributed by atoms with van der Waals surface area (Å²) in [7, 11) is 0. The zero-order chi connectivity index (χ0) is 19.4. The fourth-order valence-corrected chi connectivity index (χ4v) is 2.79. The van der Waals surface area contributed by atoms with Crippen LogP contribution in [0.2, 0.25) is 0 Å². The van der Waals surface area contributed by atoms with E-state index in [0.717, 1.165) is 12.1 Å². The smallest absolute Gasteiger partial charge is 0.255 e. The Labute approximate surface area is 150 Å². The number of halogens is 2. The Morgan fingerprint density at radius 1 is 1.19 bits per heavy atom. The van der Waals surface area contributed by atoms with Crippen molar-refractivity contribution in [3.63, 3.8) is 0 Å². The molecule has 0 atom stereocenters. The Balaban J connectivity index is 2.24. The topological polar surface area (TPSA) is 67.2 Å². The number of rotatable bonds is 6. The molecule has 0 radical (unpaired) electrons. The van der Waals surface area contributed by atoms with Crippen LogP contribution in [0.4, 0.5) is 8.78 Å². The van der Waals surface area contributed by atoms with E-state index in [4.69, 9.17) is 0 Å². The third-order valence-electron chi connectivity index (χ3n) is 4.17. The molecule has 1 aromatic heterocycles. The number of nitrogens with zero attached hydrogens (tertiary/aromatic N) is 3. The Morgan fingerprint density at radius 2 is 1.85 bits per heavy atom. The van der Waals surface area contributed by atoms with Gasteiger partial charge in [-0.25, -0.2) is 13.5 Å². The first-order valence-electron chi connectivity index (χ1n) is 8.37. The van der Waals surface area contributed by atoms with Gasteiger partial charge in [0.1, 0.15) is 11.5 Å². The summed E-state index contributed by atoms with van der Waals surface area (Å²) in [6.45, 7) is 7.94. The predicted molar refractivity (Wildman–Crippen MR) is 93.2 cm³/mol. The second-order valence-electron chi connectivity index (χ2n) is 5.80. The monoisotopic (exact) mass is 364 g/mol. The van der Waals surface area contributed by atoms with Crippen molar-refractivity contribution in [3.8, 4) is 5.69 Å². The van der Waals surface area contributed by atoms with Crippen LogP contribution in [0.1, 0.15) is 35.6 Å². The summed E-state index contributed by atoms with van der Waals surface area (Å²) < 4.78 is 28.4. The number of nitrogens with one attached hydrogen (secondary N) is 1. The summed E-state index contributed by atoms with van der Waals surface area (Å²) in [6, 6.07) is 3.14. The van der Waals surface area contributed by atoms with E-state index in [1.54, 1.807) is 18.7 Å². The van der Waals surface area contributed by atoms with Gasteiger partial charge in [0.25, 0.3) is 5.91 Å². The third-order valence-corrected chi connectivity index (χ3v) is 4.17. The average molecular weight is 364 g/mol. The van der Waals surface area contributed by atoms with E-state index in [-0.39, 0.29) is 23.7 Å². The van der Waals surface area contributed by atoms with E-state index in [2.05, 4.69) is 10.4 Å². The minimum atomic E-state index is -0.778. The summed E-state index contributed by atoms with van der Waals surface area (Å²) in [5.41, 5.74) is 1.10. The molecule has 0 spiro atoms. The number of amides is 2. The van der Waals surface area contributed by atoms with Gasteiger partial charge in [0.15, 0.2) is 5.82 Å². The van der Waals surface area contributed by atoms with Crippen LogP contribution >= 0.6 is 0 Å². The van der Waals surface area contributed by atoms with E-state index < -0.39 is 17.5 Å². The second-order valence-corrected chi connectivity index (χ2v) is 5.80. The molecule has 2 aromatic rings. The SMILES string of the molecule is CCN(CC)C(=O)CNC(=O)c1c(C)nn(-c2ccc(F)cc2F)c1C. The van der Waals surface area contributed by atoms with Crippen LogP contribution in [-0.4, -0.2) is 46.1 Å². The first-order valence-corrected chi connectivity index (χ1v) is 8.37. The molecule has 26 heavy (non-hydrogen) atoms. The maximum atomic E-state index is 14.0. The van der Waals surface area contributed by atoms with Gasteiger partial charge in [0, 0.05) is 19.2 Å². The van der Waals surface area contributed by atoms with Crippen molar-refractivity contribution in [3.05, 3.63) is 46.8 Å².